The smallest absolute Gasteiger partial charge is 0.343 e. The summed E-state index contributed by atoms with van der Waals surface area (Å²) < 4.78 is 47.2. The number of hydrogen-bond donors (Lipinski definition) is 2. The fourth-order valence-electron chi connectivity index (χ4n) is 3.57. The first-order valence-corrected chi connectivity index (χ1v) is 11.5. The molecule has 0 aliphatic heterocycles. The lowest BCUT2D eigenvalue weighted by molar-refractivity contribution is -0.138. The van der Waals surface area contributed by atoms with Crippen molar-refractivity contribution in [3.05, 3.63) is 59.4 Å². The van der Waals surface area contributed by atoms with Crippen molar-refractivity contribution in [3.63, 3.8) is 0 Å². The van der Waals surface area contributed by atoms with Crippen molar-refractivity contribution < 1.29 is 27.3 Å². The Morgan fingerprint density at radius 3 is 2.39 bits per heavy atom. The summed E-state index contributed by atoms with van der Waals surface area (Å²) in [5.41, 5.74) is -0.732. The second kappa shape index (κ2) is 9.36. The third-order valence-electron chi connectivity index (χ3n) is 5.74. The average Bonchev–Trinajstić information content (AvgIpc) is 3.53. The van der Waals surface area contributed by atoms with Crippen LogP contribution in [0.25, 0.3) is 11.1 Å². The first-order valence-electron chi connectivity index (χ1n) is 11.5. The molecule has 1 saturated carbocycles. The fraction of sp³-hybridized carbons (Fsp3) is 0.400. The molecule has 2 amide bonds. The second-order valence-electron chi connectivity index (χ2n) is 9.86. The summed E-state index contributed by atoms with van der Waals surface area (Å²) in [7, 11) is 0. The molecule has 0 saturated heterocycles. The lowest BCUT2D eigenvalue weighted by atomic mass is 9.95. The Morgan fingerprint density at radius 2 is 1.78 bits per heavy atom. The Balaban J connectivity index is 1.58. The van der Waals surface area contributed by atoms with Gasteiger partial charge in [0.2, 0.25) is 11.8 Å². The quantitative estimate of drug-likeness (QED) is 0.475. The summed E-state index contributed by atoms with van der Waals surface area (Å²) in [6.45, 7) is 6.93. The Labute approximate surface area is 205 Å². The molecular formula is C25H26F3N5O3. The molecule has 3 aromatic rings. The zero-order valence-corrected chi connectivity index (χ0v) is 20.2. The summed E-state index contributed by atoms with van der Waals surface area (Å²) in [6, 6.07) is 5.97. The van der Waals surface area contributed by atoms with E-state index in [0.717, 1.165) is 18.9 Å². The van der Waals surface area contributed by atoms with Crippen LogP contribution in [0.5, 0.6) is 0 Å². The number of carbonyl (C=O) groups excluding carboxylic acids is 2. The Hall–Kier alpha value is -3.76. The van der Waals surface area contributed by atoms with E-state index in [1.165, 1.54) is 31.3 Å². The van der Waals surface area contributed by atoms with Crippen molar-refractivity contribution in [2.75, 3.05) is 5.32 Å². The number of anilines is 1. The van der Waals surface area contributed by atoms with E-state index in [1.807, 2.05) is 20.8 Å². The van der Waals surface area contributed by atoms with Crippen LogP contribution in [-0.4, -0.2) is 26.9 Å². The molecule has 36 heavy (non-hydrogen) atoms. The number of benzene rings is 1. The van der Waals surface area contributed by atoms with Gasteiger partial charge in [-0.1, -0.05) is 38.1 Å². The van der Waals surface area contributed by atoms with Gasteiger partial charge >= 0.3 is 6.18 Å². The van der Waals surface area contributed by atoms with Crippen LogP contribution in [-0.2, 0) is 16.4 Å². The number of hydrogen-bond acceptors (Lipinski definition) is 6. The number of nitrogens with one attached hydrogen (secondary N) is 2. The van der Waals surface area contributed by atoms with Gasteiger partial charge in [0.05, 0.1) is 11.6 Å². The van der Waals surface area contributed by atoms with Crippen molar-refractivity contribution in [1.29, 1.82) is 0 Å². The predicted molar refractivity (Wildman–Crippen MR) is 125 cm³/mol. The van der Waals surface area contributed by atoms with Crippen LogP contribution in [0.4, 0.5) is 19.0 Å². The van der Waals surface area contributed by atoms with E-state index in [0.29, 0.717) is 11.1 Å². The van der Waals surface area contributed by atoms with Crippen LogP contribution < -0.4 is 10.6 Å². The standard InChI is InChI=1S/C25H26F3N5O3/c1-13(30-22(35)20-32-23(36-33-20)24(2,3)4)17-8-7-15(11-18(17)25(26,27)28)16-9-10-29-19(12-16)31-21(34)14-5-6-14/h7-14H,5-6H2,1-4H3,(H,30,35)(H,29,31,34). The van der Waals surface area contributed by atoms with Gasteiger partial charge in [-0.15, -0.1) is 0 Å². The molecule has 1 unspecified atom stereocenters. The first kappa shape index (κ1) is 25.3. The summed E-state index contributed by atoms with van der Waals surface area (Å²) in [5, 5.41) is 8.85. The molecule has 11 heteroatoms. The maximum Gasteiger partial charge on any atom is 0.416 e. The number of rotatable bonds is 6. The van der Waals surface area contributed by atoms with E-state index in [1.54, 1.807) is 6.07 Å². The topological polar surface area (TPSA) is 110 Å². The molecule has 190 valence electrons. The van der Waals surface area contributed by atoms with E-state index in [-0.39, 0.29) is 34.9 Å². The molecule has 1 aromatic carbocycles. The number of nitrogens with zero attached hydrogens (tertiary/aromatic N) is 3. The van der Waals surface area contributed by atoms with E-state index in [9.17, 15) is 22.8 Å². The summed E-state index contributed by atoms with van der Waals surface area (Å²) in [6.07, 6.45) is -1.60. The van der Waals surface area contributed by atoms with Gasteiger partial charge in [0.15, 0.2) is 0 Å². The molecule has 0 bridgehead atoms. The second-order valence-corrected chi connectivity index (χ2v) is 9.86. The fourth-order valence-corrected chi connectivity index (χ4v) is 3.57. The van der Waals surface area contributed by atoms with Crippen LogP contribution in [0.15, 0.2) is 41.1 Å². The number of carbonyl (C=O) groups is 2. The lowest BCUT2D eigenvalue weighted by Gasteiger charge is -2.20. The Bertz CT molecular complexity index is 1290. The van der Waals surface area contributed by atoms with Crippen LogP contribution in [0, 0.1) is 5.92 Å². The molecule has 0 radical (unpaired) electrons. The van der Waals surface area contributed by atoms with Gasteiger partial charge in [-0.2, -0.15) is 18.2 Å². The molecule has 1 aliphatic carbocycles. The number of aromatic nitrogens is 3. The molecule has 2 heterocycles. The highest BCUT2D eigenvalue weighted by molar-refractivity contribution is 5.93. The monoisotopic (exact) mass is 501 g/mol. The number of pyridine rings is 1. The minimum atomic E-state index is -4.67. The molecule has 8 nitrogen and oxygen atoms in total. The number of halogens is 3. The highest BCUT2D eigenvalue weighted by Gasteiger charge is 2.36. The maximum absolute atomic E-state index is 14.0. The van der Waals surface area contributed by atoms with Gasteiger partial charge < -0.3 is 15.2 Å². The van der Waals surface area contributed by atoms with Crippen molar-refractivity contribution >= 4 is 17.6 Å². The zero-order chi connectivity index (χ0) is 26.3. The summed E-state index contributed by atoms with van der Waals surface area (Å²) >= 11 is 0. The number of alkyl halides is 3. The van der Waals surface area contributed by atoms with E-state index < -0.39 is 29.1 Å². The molecule has 2 aromatic heterocycles. The van der Waals surface area contributed by atoms with Gasteiger partial charge in [-0.05, 0) is 54.7 Å². The van der Waals surface area contributed by atoms with Gasteiger partial charge in [0, 0.05) is 17.5 Å². The highest BCUT2D eigenvalue weighted by Crippen LogP contribution is 2.38. The SMILES string of the molecule is CC(NC(=O)c1noc(C(C)(C)C)n1)c1ccc(-c2ccnc(NC(=O)C3CC3)c2)cc1C(F)(F)F. The van der Waals surface area contributed by atoms with E-state index >= 15 is 0 Å². The van der Waals surface area contributed by atoms with Gasteiger partial charge in [0.1, 0.15) is 5.82 Å². The Morgan fingerprint density at radius 1 is 1.08 bits per heavy atom. The van der Waals surface area contributed by atoms with Crippen LogP contribution in [0.2, 0.25) is 0 Å². The normalized spacial score (nSPS) is 14.9. The molecular weight excluding hydrogens is 475 g/mol. The van der Waals surface area contributed by atoms with Gasteiger partial charge in [0.25, 0.3) is 11.7 Å². The van der Waals surface area contributed by atoms with Crippen LogP contribution >= 0.6 is 0 Å². The average molecular weight is 502 g/mol. The molecule has 2 N–H and O–H groups in total. The van der Waals surface area contributed by atoms with Crippen molar-refractivity contribution in [2.45, 2.75) is 58.2 Å². The van der Waals surface area contributed by atoms with E-state index in [4.69, 9.17) is 4.52 Å². The van der Waals surface area contributed by atoms with Crippen molar-refractivity contribution in [1.82, 2.24) is 20.4 Å². The first-order chi connectivity index (χ1) is 16.8. The third kappa shape index (κ3) is 5.72. The zero-order valence-electron chi connectivity index (χ0n) is 20.2. The molecule has 1 fully saturated rings. The highest BCUT2D eigenvalue weighted by atomic mass is 19.4. The number of amides is 2. The van der Waals surface area contributed by atoms with Crippen molar-refractivity contribution in [3.8, 4) is 11.1 Å². The minimum absolute atomic E-state index is 0.0317. The molecule has 0 spiro atoms. The largest absolute Gasteiger partial charge is 0.416 e. The van der Waals surface area contributed by atoms with Crippen LogP contribution in [0.1, 0.15) is 74.2 Å². The lowest BCUT2D eigenvalue weighted by Crippen LogP contribution is -2.29. The van der Waals surface area contributed by atoms with Crippen LogP contribution in [0.3, 0.4) is 0 Å². The molecule has 1 atom stereocenters. The maximum atomic E-state index is 14.0. The molecule has 4 rings (SSSR count). The Kier molecular flexibility index (Phi) is 6.59. The van der Waals surface area contributed by atoms with Gasteiger partial charge in [-0.3, -0.25) is 9.59 Å². The summed E-state index contributed by atoms with van der Waals surface area (Å²) in [5.74, 6) is -0.663. The third-order valence-corrected chi connectivity index (χ3v) is 5.74. The minimum Gasteiger partial charge on any atom is -0.343 e. The predicted octanol–water partition coefficient (Wildman–Crippen LogP) is 5.29. The van der Waals surface area contributed by atoms with Gasteiger partial charge in [-0.25, -0.2) is 4.98 Å². The molecule has 1 aliphatic rings. The van der Waals surface area contributed by atoms with E-state index in [2.05, 4.69) is 25.8 Å². The van der Waals surface area contributed by atoms with Crippen molar-refractivity contribution in [2.24, 2.45) is 5.92 Å². The summed E-state index contributed by atoms with van der Waals surface area (Å²) in [4.78, 5) is 32.7.